The van der Waals surface area contributed by atoms with E-state index in [9.17, 15) is 4.39 Å². The van der Waals surface area contributed by atoms with Gasteiger partial charge in [0.15, 0.2) is 5.17 Å². The van der Waals surface area contributed by atoms with E-state index in [1.807, 2.05) is 6.07 Å². The van der Waals surface area contributed by atoms with Crippen molar-refractivity contribution < 1.29 is 4.39 Å². The van der Waals surface area contributed by atoms with Gasteiger partial charge in [-0.2, -0.15) is 0 Å². The molecule has 0 saturated heterocycles. The summed E-state index contributed by atoms with van der Waals surface area (Å²) in [6.45, 7) is 1.48. The van der Waals surface area contributed by atoms with E-state index in [2.05, 4.69) is 34.6 Å². The molecule has 0 aromatic heterocycles. The number of aliphatic imine (C=N–C) groups is 1. The smallest absolute Gasteiger partial charge is 0.157 e. The highest BCUT2D eigenvalue weighted by Gasteiger charge is 2.20. The van der Waals surface area contributed by atoms with Crippen molar-refractivity contribution in [3.8, 4) is 0 Å². The normalized spacial score (nSPS) is 17.9. The standard InChI is InChI=1S/C16H15FN2S/c17-14-8-6-12(7-9-14)10-18-16-19-11-15(20-16)13-4-2-1-3-5-13/h1-9,15H,10-11H2,(H,18,19). The number of amidine groups is 1. The molecule has 2 aromatic carbocycles. The fourth-order valence-electron chi connectivity index (χ4n) is 2.09. The van der Waals surface area contributed by atoms with E-state index in [1.54, 1.807) is 23.9 Å². The van der Waals surface area contributed by atoms with Gasteiger partial charge in [-0.15, -0.1) is 0 Å². The van der Waals surface area contributed by atoms with E-state index >= 15 is 0 Å². The Bertz CT molecular complexity index is 596. The van der Waals surface area contributed by atoms with Crippen LogP contribution in [0.4, 0.5) is 4.39 Å². The van der Waals surface area contributed by atoms with Crippen LogP contribution in [-0.4, -0.2) is 11.7 Å². The molecule has 1 aliphatic rings. The molecule has 0 saturated carbocycles. The molecular weight excluding hydrogens is 271 g/mol. The van der Waals surface area contributed by atoms with Crippen LogP contribution in [0.5, 0.6) is 0 Å². The number of halogens is 1. The molecule has 1 N–H and O–H groups in total. The second kappa shape index (κ2) is 6.09. The number of benzene rings is 2. The van der Waals surface area contributed by atoms with Crippen molar-refractivity contribution in [2.75, 3.05) is 6.54 Å². The first-order valence-electron chi connectivity index (χ1n) is 6.55. The second-order valence-electron chi connectivity index (χ2n) is 4.64. The minimum absolute atomic E-state index is 0.203. The zero-order valence-electron chi connectivity index (χ0n) is 10.9. The van der Waals surface area contributed by atoms with E-state index in [0.29, 0.717) is 11.8 Å². The average Bonchev–Trinajstić information content (AvgIpc) is 2.97. The first kappa shape index (κ1) is 13.2. The van der Waals surface area contributed by atoms with Gasteiger partial charge in [0, 0.05) is 6.54 Å². The zero-order valence-corrected chi connectivity index (χ0v) is 11.7. The van der Waals surface area contributed by atoms with Gasteiger partial charge < -0.3 is 5.32 Å². The maximum atomic E-state index is 12.8. The summed E-state index contributed by atoms with van der Waals surface area (Å²) in [6, 6.07) is 16.9. The van der Waals surface area contributed by atoms with Gasteiger partial charge in [0.2, 0.25) is 0 Å². The second-order valence-corrected chi connectivity index (χ2v) is 5.83. The van der Waals surface area contributed by atoms with Gasteiger partial charge in [0.25, 0.3) is 0 Å². The highest BCUT2D eigenvalue weighted by molar-refractivity contribution is 8.14. The Morgan fingerprint density at radius 2 is 1.85 bits per heavy atom. The molecule has 3 rings (SSSR count). The number of rotatable bonds is 3. The summed E-state index contributed by atoms with van der Waals surface area (Å²) in [4.78, 5) is 4.52. The first-order valence-corrected chi connectivity index (χ1v) is 7.43. The van der Waals surface area contributed by atoms with Gasteiger partial charge in [-0.3, -0.25) is 4.99 Å². The maximum absolute atomic E-state index is 12.8. The highest BCUT2D eigenvalue weighted by atomic mass is 32.2. The van der Waals surface area contributed by atoms with E-state index in [0.717, 1.165) is 17.3 Å². The predicted octanol–water partition coefficient (Wildman–Crippen LogP) is 3.76. The van der Waals surface area contributed by atoms with Crippen LogP contribution >= 0.6 is 11.8 Å². The molecule has 1 aliphatic heterocycles. The zero-order chi connectivity index (χ0) is 13.8. The third-order valence-corrected chi connectivity index (χ3v) is 4.39. The van der Waals surface area contributed by atoms with Gasteiger partial charge in [-0.1, -0.05) is 54.2 Å². The fraction of sp³-hybridized carbons (Fsp3) is 0.188. The van der Waals surface area contributed by atoms with Crippen molar-refractivity contribution in [1.29, 1.82) is 0 Å². The summed E-state index contributed by atoms with van der Waals surface area (Å²) in [5, 5.41) is 4.66. The maximum Gasteiger partial charge on any atom is 0.157 e. The molecule has 102 valence electrons. The van der Waals surface area contributed by atoms with E-state index in [1.165, 1.54) is 17.7 Å². The number of nitrogens with one attached hydrogen (secondary N) is 1. The van der Waals surface area contributed by atoms with Crippen molar-refractivity contribution in [2.24, 2.45) is 4.99 Å². The minimum atomic E-state index is -0.203. The summed E-state index contributed by atoms with van der Waals surface area (Å²) >= 11 is 1.75. The molecule has 2 aromatic rings. The third-order valence-electron chi connectivity index (χ3n) is 3.18. The molecule has 20 heavy (non-hydrogen) atoms. The molecule has 0 amide bonds. The Kier molecular flexibility index (Phi) is 4.02. The Morgan fingerprint density at radius 3 is 2.60 bits per heavy atom. The van der Waals surface area contributed by atoms with Gasteiger partial charge in [0.1, 0.15) is 5.82 Å². The lowest BCUT2D eigenvalue weighted by Crippen LogP contribution is -2.18. The molecule has 4 heteroatoms. The lowest BCUT2D eigenvalue weighted by molar-refractivity contribution is 0.627. The van der Waals surface area contributed by atoms with E-state index < -0.39 is 0 Å². The quantitative estimate of drug-likeness (QED) is 0.929. The monoisotopic (exact) mass is 286 g/mol. The number of hydrogen-bond acceptors (Lipinski definition) is 3. The van der Waals surface area contributed by atoms with Gasteiger partial charge in [-0.25, -0.2) is 4.39 Å². The van der Waals surface area contributed by atoms with Crippen LogP contribution < -0.4 is 5.32 Å². The Hall–Kier alpha value is -1.81. The third kappa shape index (κ3) is 3.20. The van der Waals surface area contributed by atoms with Gasteiger partial charge in [-0.05, 0) is 23.3 Å². The molecule has 0 bridgehead atoms. The van der Waals surface area contributed by atoms with Crippen LogP contribution in [0.25, 0.3) is 0 Å². The van der Waals surface area contributed by atoms with Crippen LogP contribution in [0.15, 0.2) is 59.6 Å². The molecule has 0 aliphatic carbocycles. The highest BCUT2D eigenvalue weighted by Crippen LogP contribution is 2.34. The number of nitrogens with zero attached hydrogens (tertiary/aromatic N) is 1. The largest absolute Gasteiger partial charge is 0.361 e. The van der Waals surface area contributed by atoms with Crippen LogP contribution in [0.1, 0.15) is 16.4 Å². The summed E-state index contributed by atoms with van der Waals surface area (Å²) in [7, 11) is 0. The Morgan fingerprint density at radius 1 is 1.10 bits per heavy atom. The topological polar surface area (TPSA) is 24.4 Å². The van der Waals surface area contributed by atoms with Crippen LogP contribution in [0.3, 0.4) is 0 Å². The molecular formula is C16H15FN2S. The van der Waals surface area contributed by atoms with Crippen LogP contribution in [-0.2, 0) is 6.54 Å². The lowest BCUT2D eigenvalue weighted by atomic mass is 10.1. The number of hydrogen-bond donors (Lipinski definition) is 1. The van der Waals surface area contributed by atoms with Crippen LogP contribution in [0, 0.1) is 5.82 Å². The molecule has 0 fully saturated rings. The molecule has 1 atom stereocenters. The van der Waals surface area contributed by atoms with Gasteiger partial charge >= 0.3 is 0 Å². The minimum Gasteiger partial charge on any atom is -0.361 e. The molecule has 1 heterocycles. The van der Waals surface area contributed by atoms with Crippen molar-refractivity contribution >= 4 is 16.9 Å². The summed E-state index contributed by atoms with van der Waals surface area (Å²) in [6.07, 6.45) is 0. The van der Waals surface area contributed by atoms with Crippen LogP contribution in [0.2, 0.25) is 0 Å². The van der Waals surface area contributed by atoms with Crippen molar-refractivity contribution in [1.82, 2.24) is 5.32 Å². The molecule has 0 spiro atoms. The SMILES string of the molecule is Fc1ccc(CNC2=NCC(c3ccccc3)S2)cc1. The number of thioether (sulfide) groups is 1. The van der Waals surface area contributed by atoms with Crippen molar-refractivity contribution in [3.63, 3.8) is 0 Å². The van der Waals surface area contributed by atoms with Crippen molar-refractivity contribution in [2.45, 2.75) is 11.8 Å². The Balaban J connectivity index is 1.54. The first-order chi connectivity index (χ1) is 9.81. The summed E-state index contributed by atoms with van der Waals surface area (Å²) in [5.41, 5.74) is 2.36. The summed E-state index contributed by atoms with van der Waals surface area (Å²) < 4.78 is 12.8. The van der Waals surface area contributed by atoms with E-state index in [-0.39, 0.29) is 5.82 Å². The molecule has 1 unspecified atom stereocenters. The lowest BCUT2D eigenvalue weighted by Gasteiger charge is -2.09. The summed E-state index contributed by atoms with van der Waals surface area (Å²) in [5.74, 6) is -0.203. The predicted molar refractivity (Wildman–Crippen MR) is 82.3 cm³/mol. The molecule has 2 nitrogen and oxygen atoms in total. The van der Waals surface area contributed by atoms with Gasteiger partial charge in [0.05, 0.1) is 11.8 Å². The average molecular weight is 286 g/mol. The fourth-order valence-corrected chi connectivity index (χ4v) is 3.11. The molecule has 0 radical (unpaired) electrons. The Labute approximate surface area is 122 Å². The van der Waals surface area contributed by atoms with Crippen molar-refractivity contribution in [3.05, 3.63) is 71.5 Å². The van der Waals surface area contributed by atoms with E-state index in [4.69, 9.17) is 0 Å².